The third-order valence-corrected chi connectivity index (χ3v) is 4.46. The monoisotopic (exact) mass is 320 g/mol. The molecule has 0 aliphatic rings. The number of aromatic amines is 1. The highest BCUT2D eigenvalue weighted by Crippen LogP contribution is 2.25. The van der Waals surface area contributed by atoms with E-state index in [1.54, 1.807) is 12.1 Å². The van der Waals surface area contributed by atoms with Crippen LogP contribution in [0.1, 0.15) is 35.3 Å². The van der Waals surface area contributed by atoms with Crippen molar-refractivity contribution >= 4 is 44.9 Å². The summed E-state index contributed by atoms with van der Waals surface area (Å²) in [6, 6.07) is 7.29. The quantitative estimate of drug-likeness (QED) is 0.764. The van der Waals surface area contributed by atoms with E-state index in [9.17, 15) is 4.79 Å². The van der Waals surface area contributed by atoms with Gasteiger partial charge in [-0.3, -0.25) is 10.1 Å². The lowest BCUT2D eigenvalue weighted by Gasteiger charge is -1.98. The Bertz CT molecular complexity index is 808. The highest BCUT2D eigenvalue weighted by atomic mass is 35.5. The molecule has 2 heterocycles. The zero-order chi connectivity index (χ0) is 15.0. The Morgan fingerprint density at radius 3 is 2.86 bits per heavy atom. The van der Waals surface area contributed by atoms with E-state index in [1.165, 1.54) is 11.3 Å². The largest absolute Gasteiger partial charge is 0.349 e. The van der Waals surface area contributed by atoms with Gasteiger partial charge in [0.2, 0.25) is 5.13 Å². The SMILES string of the molecule is CC(C)c1nnc(NC(=O)c2cc3cccc(Cl)c3[nH]2)s1. The minimum Gasteiger partial charge on any atom is -0.349 e. The average Bonchev–Trinajstić information content (AvgIpc) is 3.05. The number of H-pyrrole nitrogens is 1. The van der Waals surface area contributed by atoms with Gasteiger partial charge in [-0.2, -0.15) is 0 Å². The summed E-state index contributed by atoms with van der Waals surface area (Å²) in [7, 11) is 0. The fraction of sp³-hybridized carbons (Fsp3) is 0.214. The van der Waals surface area contributed by atoms with E-state index in [4.69, 9.17) is 11.6 Å². The molecule has 3 rings (SSSR count). The molecule has 0 unspecified atom stereocenters. The van der Waals surface area contributed by atoms with E-state index >= 15 is 0 Å². The fourth-order valence-corrected chi connectivity index (χ4v) is 2.89. The van der Waals surface area contributed by atoms with Crippen molar-refractivity contribution in [1.29, 1.82) is 0 Å². The topological polar surface area (TPSA) is 70.7 Å². The number of carbonyl (C=O) groups is 1. The van der Waals surface area contributed by atoms with Crippen LogP contribution in [0, 0.1) is 0 Å². The summed E-state index contributed by atoms with van der Waals surface area (Å²) in [5.41, 5.74) is 1.20. The number of anilines is 1. The van der Waals surface area contributed by atoms with Crippen LogP contribution in [0.2, 0.25) is 5.02 Å². The summed E-state index contributed by atoms with van der Waals surface area (Å²) in [6.45, 7) is 4.07. The number of hydrogen-bond acceptors (Lipinski definition) is 4. The Morgan fingerprint density at radius 2 is 2.19 bits per heavy atom. The summed E-state index contributed by atoms with van der Waals surface area (Å²) >= 11 is 7.47. The van der Waals surface area contributed by atoms with Crippen molar-refractivity contribution in [3.8, 4) is 0 Å². The lowest BCUT2D eigenvalue weighted by Crippen LogP contribution is -2.11. The molecule has 0 saturated heterocycles. The normalized spacial score (nSPS) is 11.2. The van der Waals surface area contributed by atoms with E-state index in [-0.39, 0.29) is 5.91 Å². The fourth-order valence-electron chi connectivity index (χ4n) is 1.92. The molecular weight excluding hydrogens is 308 g/mol. The van der Waals surface area contributed by atoms with Gasteiger partial charge in [-0.05, 0) is 12.1 Å². The number of halogens is 1. The molecule has 2 aromatic heterocycles. The van der Waals surface area contributed by atoms with Crippen LogP contribution in [0.25, 0.3) is 10.9 Å². The number of benzene rings is 1. The molecule has 0 aliphatic heterocycles. The minimum atomic E-state index is -0.256. The minimum absolute atomic E-state index is 0.256. The third kappa shape index (κ3) is 2.77. The van der Waals surface area contributed by atoms with E-state index in [2.05, 4.69) is 20.5 Å². The lowest BCUT2D eigenvalue weighted by atomic mass is 10.2. The molecule has 0 fully saturated rings. The standard InChI is InChI=1S/C14H13ClN4OS/c1-7(2)13-18-19-14(21-13)17-12(20)10-6-8-4-3-5-9(15)11(8)16-10/h3-7,16H,1-2H3,(H,17,19,20). The van der Waals surface area contributed by atoms with Crippen molar-refractivity contribution in [1.82, 2.24) is 15.2 Å². The van der Waals surface area contributed by atoms with Crippen molar-refractivity contribution in [2.24, 2.45) is 0 Å². The molecule has 0 bridgehead atoms. The number of amides is 1. The smallest absolute Gasteiger partial charge is 0.273 e. The first-order valence-electron chi connectivity index (χ1n) is 6.46. The molecule has 0 spiro atoms. The molecule has 0 atom stereocenters. The number of hydrogen-bond donors (Lipinski definition) is 2. The van der Waals surface area contributed by atoms with Gasteiger partial charge in [0.05, 0.1) is 10.5 Å². The van der Waals surface area contributed by atoms with Gasteiger partial charge in [-0.15, -0.1) is 10.2 Å². The Kier molecular flexibility index (Phi) is 3.65. The van der Waals surface area contributed by atoms with Crippen LogP contribution in [0.5, 0.6) is 0 Å². The van der Waals surface area contributed by atoms with Gasteiger partial charge in [0, 0.05) is 11.3 Å². The Labute approximate surface area is 130 Å². The highest BCUT2D eigenvalue weighted by molar-refractivity contribution is 7.15. The number of para-hydroxylation sites is 1. The van der Waals surface area contributed by atoms with Crippen molar-refractivity contribution in [2.75, 3.05) is 5.32 Å². The van der Waals surface area contributed by atoms with Crippen LogP contribution >= 0.6 is 22.9 Å². The molecule has 3 aromatic rings. The number of rotatable bonds is 3. The van der Waals surface area contributed by atoms with E-state index in [0.717, 1.165) is 15.9 Å². The number of carbonyl (C=O) groups excluding carboxylic acids is 1. The summed E-state index contributed by atoms with van der Waals surface area (Å²) in [5.74, 6) is 0.0359. The van der Waals surface area contributed by atoms with E-state index in [1.807, 2.05) is 26.0 Å². The molecular formula is C14H13ClN4OS. The van der Waals surface area contributed by atoms with Gasteiger partial charge in [-0.25, -0.2) is 0 Å². The van der Waals surface area contributed by atoms with Crippen LogP contribution < -0.4 is 5.32 Å². The zero-order valence-corrected chi connectivity index (χ0v) is 13.0. The van der Waals surface area contributed by atoms with Crippen molar-refractivity contribution in [3.05, 3.63) is 40.0 Å². The van der Waals surface area contributed by atoms with Crippen molar-refractivity contribution in [2.45, 2.75) is 19.8 Å². The van der Waals surface area contributed by atoms with Gasteiger partial charge < -0.3 is 4.98 Å². The first-order chi connectivity index (χ1) is 10.0. The lowest BCUT2D eigenvalue weighted by molar-refractivity contribution is 0.102. The second kappa shape index (κ2) is 5.46. The number of nitrogens with one attached hydrogen (secondary N) is 2. The highest BCUT2D eigenvalue weighted by Gasteiger charge is 2.14. The number of aromatic nitrogens is 3. The Morgan fingerprint density at radius 1 is 1.38 bits per heavy atom. The first-order valence-corrected chi connectivity index (χ1v) is 7.66. The number of nitrogens with zero attached hydrogens (tertiary/aromatic N) is 2. The molecule has 5 nitrogen and oxygen atoms in total. The third-order valence-electron chi connectivity index (χ3n) is 3.00. The summed E-state index contributed by atoms with van der Waals surface area (Å²) in [5, 5.41) is 13.6. The zero-order valence-electron chi connectivity index (χ0n) is 11.5. The summed E-state index contributed by atoms with van der Waals surface area (Å²) in [4.78, 5) is 15.3. The molecule has 2 N–H and O–H groups in total. The second-order valence-electron chi connectivity index (χ2n) is 4.94. The molecule has 0 radical (unpaired) electrons. The Balaban J connectivity index is 1.84. The summed E-state index contributed by atoms with van der Waals surface area (Å²) in [6.07, 6.45) is 0. The van der Waals surface area contributed by atoms with Gasteiger partial charge >= 0.3 is 0 Å². The molecule has 1 aromatic carbocycles. The molecule has 1 amide bonds. The predicted octanol–water partition coefficient (Wildman–Crippen LogP) is 4.05. The van der Waals surface area contributed by atoms with Crippen LogP contribution in [0.15, 0.2) is 24.3 Å². The van der Waals surface area contributed by atoms with Crippen molar-refractivity contribution in [3.63, 3.8) is 0 Å². The summed E-state index contributed by atoms with van der Waals surface area (Å²) < 4.78 is 0. The van der Waals surface area contributed by atoms with Gasteiger partial charge in [0.25, 0.3) is 5.91 Å². The average molecular weight is 321 g/mol. The van der Waals surface area contributed by atoms with Crippen molar-refractivity contribution < 1.29 is 4.79 Å². The van der Waals surface area contributed by atoms with E-state index < -0.39 is 0 Å². The van der Waals surface area contributed by atoms with E-state index in [0.29, 0.717) is 21.8 Å². The maximum atomic E-state index is 12.2. The Hall–Kier alpha value is -1.92. The van der Waals surface area contributed by atoms with Gasteiger partial charge in [0.15, 0.2) is 0 Å². The first kappa shape index (κ1) is 14.0. The predicted molar refractivity (Wildman–Crippen MR) is 85.3 cm³/mol. The molecule has 108 valence electrons. The van der Waals surface area contributed by atoms with Crippen LogP contribution in [-0.4, -0.2) is 21.1 Å². The molecule has 0 saturated carbocycles. The van der Waals surface area contributed by atoms with Crippen LogP contribution in [0.4, 0.5) is 5.13 Å². The van der Waals surface area contributed by atoms with Gasteiger partial charge in [0.1, 0.15) is 10.7 Å². The number of fused-ring (bicyclic) bond motifs is 1. The van der Waals surface area contributed by atoms with Crippen LogP contribution in [-0.2, 0) is 0 Å². The second-order valence-corrected chi connectivity index (χ2v) is 6.36. The molecule has 7 heteroatoms. The molecule has 0 aliphatic carbocycles. The molecule has 21 heavy (non-hydrogen) atoms. The maximum Gasteiger partial charge on any atom is 0.273 e. The van der Waals surface area contributed by atoms with Crippen LogP contribution in [0.3, 0.4) is 0 Å². The maximum absolute atomic E-state index is 12.2. The van der Waals surface area contributed by atoms with Gasteiger partial charge in [-0.1, -0.05) is 48.9 Å².